The zero-order valence-electron chi connectivity index (χ0n) is 10.8. The number of ether oxygens (including phenoxy) is 1. The number of nitrogens with zero attached hydrogens (tertiary/aromatic N) is 2. The molecule has 19 heavy (non-hydrogen) atoms. The van der Waals surface area contributed by atoms with Gasteiger partial charge in [-0.15, -0.1) is 12.4 Å². The van der Waals surface area contributed by atoms with Crippen LogP contribution in [0.2, 0.25) is 0 Å². The predicted octanol–water partition coefficient (Wildman–Crippen LogP) is 2.52. The van der Waals surface area contributed by atoms with Crippen LogP contribution in [0, 0.1) is 0 Å². The Bertz CT molecular complexity index is 495. The normalized spacial score (nSPS) is 9.74. The van der Waals surface area contributed by atoms with E-state index in [0.717, 1.165) is 17.7 Å². The van der Waals surface area contributed by atoms with Gasteiger partial charge in [-0.2, -0.15) is 0 Å². The number of halogens is 1. The highest BCUT2D eigenvalue weighted by molar-refractivity contribution is 5.85. The summed E-state index contributed by atoms with van der Waals surface area (Å²) in [5.41, 5.74) is 1.15. The van der Waals surface area contributed by atoms with Crippen LogP contribution in [0.3, 0.4) is 0 Å². The molecule has 5 heteroatoms. The van der Waals surface area contributed by atoms with Crippen LogP contribution in [0.4, 0.5) is 0 Å². The maximum atomic E-state index is 11.7. The average molecular weight is 281 g/mol. The highest BCUT2D eigenvalue weighted by atomic mass is 35.5. The molecule has 0 aliphatic carbocycles. The Morgan fingerprint density at radius 1 is 1.32 bits per heavy atom. The van der Waals surface area contributed by atoms with Crippen molar-refractivity contribution in [1.29, 1.82) is 0 Å². The van der Waals surface area contributed by atoms with Crippen LogP contribution in [-0.4, -0.2) is 22.4 Å². The predicted molar refractivity (Wildman–Crippen MR) is 75.8 cm³/mol. The smallest absolute Gasteiger partial charge is 0.152 e. The van der Waals surface area contributed by atoms with Crippen LogP contribution in [0.1, 0.15) is 12.0 Å². The zero-order valence-corrected chi connectivity index (χ0v) is 11.6. The number of carbonyl (C=O) groups excluding carboxylic acids is 1. The van der Waals surface area contributed by atoms with E-state index >= 15 is 0 Å². The van der Waals surface area contributed by atoms with Gasteiger partial charge in [0, 0.05) is 18.8 Å². The van der Waals surface area contributed by atoms with Crippen molar-refractivity contribution in [3.05, 3.63) is 48.5 Å². The summed E-state index contributed by atoms with van der Waals surface area (Å²) in [6.45, 7) is 0.399. The fourth-order valence-corrected chi connectivity index (χ4v) is 1.74. The second kappa shape index (κ2) is 7.59. The third kappa shape index (κ3) is 4.75. The number of methoxy groups -OCH3 is 1. The lowest BCUT2D eigenvalue weighted by molar-refractivity contribution is -0.119. The van der Waals surface area contributed by atoms with Gasteiger partial charge in [-0.25, -0.2) is 4.98 Å². The minimum Gasteiger partial charge on any atom is -0.497 e. The van der Waals surface area contributed by atoms with Crippen LogP contribution in [-0.2, 0) is 17.8 Å². The molecular formula is C14H17ClN2O2. The van der Waals surface area contributed by atoms with Gasteiger partial charge in [0.05, 0.1) is 20.0 Å². The summed E-state index contributed by atoms with van der Waals surface area (Å²) in [7, 11) is 1.64. The van der Waals surface area contributed by atoms with Gasteiger partial charge in [-0.05, 0) is 24.1 Å². The van der Waals surface area contributed by atoms with E-state index in [0.29, 0.717) is 13.0 Å². The second-order valence-electron chi connectivity index (χ2n) is 4.12. The first kappa shape index (κ1) is 15.2. The molecule has 102 valence electrons. The lowest BCUT2D eigenvalue weighted by atomic mass is 10.1. The standard InChI is InChI=1S/C14H16N2O2.ClH/c1-18-14-6-3-12(4-7-14)2-5-13(17)10-16-9-8-15-11-16;/h3-4,6-9,11H,2,5,10H2,1H3;1H. The van der Waals surface area contributed by atoms with Gasteiger partial charge in [0.15, 0.2) is 5.78 Å². The van der Waals surface area contributed by atoms with Gasteiger partial charge in [-0.1, -0.05) is 12.1 Å². The van der Waals surface area contributed by atoms with Crippen LogP contribution < -0.4 is 4.74 Å². The molecule has 0 N–H and O–H groups in total. The van der Waals surface area contributed by atoms with Crippen molar-refractivity contribution in [2.75, 3.05) is 7.11 Å². The molecule has 0 amide bonds. The molecule has 0 saturated heterocycles. The molecule has 0 saturated carbocycles. The quantitative estimate of drug-likeness (QED) is 0.817. The summed E-state index contributed by atoms with van der Waals surface area (Å²) in [5.74, 6) is 1.05. The third-order valence-corrected chi connectivity index (χ3v) is 2.77. The van der Waals surface area contributed by atoms with E-state index in [2.05, 4.69) is 4.98 Å². The lowest BCUT2D eigenvalue weighted by Crippen LogP contribution is -2.09. The Labute approximate surface area is 118 Å². The molecule has 2 aromatic rings. The van der Waals surface area contributed by atoms with Crippen molar-refractivity contribution >= 4 is 18.2 Å². The van der Waals surface area contributed by atoms with Gasteiger partial charge in [-0.3, -0.25) is 4.79 Å². The third-order valence-electron chi connectivity index (χ3n) is 2.77. The Morgan fingerprint density at radius 2 is 2.05 bits per heavy atom. The average Bonchev–Trinajstić information content (AvgIpc) is 2.90. The minimum absolute atomic E-state index is 0. The first-order valence-corrected chi connectivity index (χ1v) is 5.88. The number of rotatable bonds is 6. The SMILES string of the molecule is COc1ccc(CCC(=O)Cn2ccnc2)cc1.Cl. The number of aromatic nitrogens is 2. The maximum Gasteiger partial charge on any atom is 0.152 e. The van der Waals surface area contributed by atoms with Crippen molar-refractivity contribution in [1.82, 2.24) is 9.55 Å². The zero-order chi connectivity index (χ0) is 12.8. The van der Waals surface area contributed by atoms with E-state index in [1.54, 1.807) is 30.4 Å². The number of imidazole rings is 1. The summed E-state index contributed by atoms with van der Waals surface area (Å²) in [4.78, 5) is 15.6. The van der Waals surface area contributed by atoms with E-state index in [4.69, 9.17) is 4.74 Å². The van der Waals surface area contributed by atoms with E-state index in [1.807, 2.05) is 24.3 Å². The molecule has 0 spiro atoms. The fourth-order valence-electron chi connectivity index (χ4n) is 1.74. The van der Waals surface area contributed by atoms with Crippen molar-refractivity contribution in [2.24, 2.45) is 0 Å². The topological polar surface area (TPSA) is 44.1 Å². The molecule has 0 fully saturated rings. The molecule has 1 aromatic carbocycles. The number of ketones is 1. The van der Waals surface area contributed by atoms with E-state index in [-0.39, 0.29) is 18.2 Å². The molecule has 0 bridgehead atoms. The Hall–Kier alpha value is -1.81. The second-order valence-corrected chi connectivity index (χ2v) is 4.12. The summed E-state index contributed by atoms with van der Waals surface area (Å²) >= 11 is 0. The summed E-state index contributed by atoms with van der Waals surface area (Å²) in [6, 6.07) is 7.80. The number of hydrogen-bond donors (Lipinski definition) is 0. The number of hydrogen-bond acceptors (Lipinski definition) is 3. The monoisotopic (exact) mass is 280 g/mol. The van der Waals surface area contributed by atoms with E-state index in [1.165, 1.54) is 0 Å². The number of benzene rings is 1. The Morgan fingerprint density at radius 3 is 2.63 bits per heavy atom. The Balaban J connectivity index is 0.00000180. The molecule has 0 unspecified atom stereocenters. The van der Waals surface area contributed by atoms with Crippen LogP contribution >= 0.6 is 12.4 Å². The lowest BCUT2D eigenvalue weighted by Gasteiger charge is -2.04. The van der Waals surface area contributed by atoms with Crippen molar-refractivity contribution in [3.8, 4) is 5.75 Å². The molecule has 1 heterocycles. The molecule has 4 nitrogen and oxygen atoms in total. The van der Waals surface area contributed by atoms with Gasteiger partial charge in [0.1, 0.15) is 5.75 Å². The first-order valence-electron chi connectivity index (χ1n) is 5.88. The van der Waals surface area contributed by atoms with Crippen LogP contribution in [0.15, 0.2) is 43.0 Å². The highest BCUT2D eigenvalue weighted by Crippen LogP contribution is 2.12. The van der Waals surface area contributed by atoms with Gasteiger partial charge in [0.2, 0.25) is 0 Å². The number of aryl methyl sites for hydroxylation is 1. The molecule has 0 aliphatic heterocycles. The molecule has 1 aromatic heterocycles. The van der Waals surface area contributed by atoms with Crippen molar-refractivity contribution < 1.29 is 9.53 Å². The molecular weight excluding hydrogens is 264 g/mol. The highest BCUT2D eigenvalue weighted by Gasteiger charge is 2.03. The van der Waals surface area contributed by atoms with Crippen LogP contribution in [0.25, 0.3) is 0 Å². The first-order chi connectivity index (χ1) is 8.78. The molecule has 0 radical (unpaired) electrons. The molecule has 0 atom stereocenters. The van der Waals surface area contributed by atoms with Gasteiger partial charge in [0.25, 0.3) is 0 Å². The largest absolute Gasteiger partial charge is 0.497 e. The van der Waals surface area contributed by atoms with Crippen molar-refractivity contribution in [3.63, 3.8) is 0 Å². The molecule has 0 aliphatic rings. The van der Waals surface area contributed by atoms with Gasteiger partial charge < -0.3 is 9.30 Å². The Kier molecular flexibility index (Phi) is 6.09. The number of carbonyl (C=O) groups is 1. The minimum atomic E-state index is 0. The maximum absolute atomic E-state index is 11.7. The summed E-state index contributed by atoms with van der Waals surface area (Å²) < 4.78 is 6.88. The van der Waals surface area contributed by atoms with Gasteiger partial charge >= 0.3 is 0 Å². The summed E-state index contributed by atoms with van der Waals surface area (Å²) in [6.07, 6.45) is 6.44. The summed E-state index contributed by atoms with van der Waals surface area (Å²) in [5, 5.41) is 0. The van der Waals surface area contributed by atoms with E-state index < -0.39 is 0 Å². The molecule has 2 rings (SSSR count). The van der Waals surface area contributed by atoms with Crippen molar-refractivity contribution in [2.45, 2.75) is 19.4 Å². The van der Waals surface area contributed by atoms with Crippen LogP contribution in [0.5, 0.6) is 5.75 Å². The fraction of sp³-hybridized carbons (Fsp3) is 0.286. The number of Topliss-reactive ketones (excluding diaryl/α,β-unsaturated/α-hetero) is 1. The van der Waals surface area contributed by atoms with E-state index in [9.17, 15) is 4.79 Å².